The predicted molar refractivity (Wildman–Crippen MR) is 117 cm³/mol. The largest absolute Gasteiger partial charge is 0.384 e. The van der Waals surface area contributed by atoms with Gasteiger partial charge in [0.2, 0.25) is 17.7 Å². The molecule has 3 rings (SSSR count). The molecule has 2 heterocycles. The van der Waals surface area contributed by atoms with Gasteiger partial charge in [-0.25, -0.2) is 5.43 Å². The van der Waals surface area contributed by atoms with Crippen LogP contribution in [0.15, 0.2) is 18.2 Å². The van der Waals surface area contributed by atoms with Gasteiger partial charge in [0.25, 0.3) is 11.8 Å². The second kappa shape index (κ2) is 10.9. The van der Waals surface area contributed by atoms with Gasteiger partial charge in [-0.3, -0.25) is 39.6 Å². The van der Waals surface area contributed by atoms with E-state index in [1.165, 1.54) is 0 Å². The molecule has 2 aliphatic rings. The molecule has 0 aliphatic carbocycles. The molecule has 0 aromatic heterocycles. The van der Waals surface area contributed by atoms with Crippen LogP contribution in [0.1, 0.15) is 72.6 Å². The SMILES string of the molecule is CCNNC(=O)CCCCCCNc1cccc2c1C(=O)N(C1CCC(=O)NC1=O)C2=O. The fourth-order valence-electron chi connectivity index (χ4n) is 3.90. The van der Waals surface area contributed by atoms with Crippen molar-refractivity contribution in [1.29, 1.82) is 0 Å². The molecule has 0 radical (unpaired) electrons. The summed E-state index contributed by atoms with van der Waals surface area (Å²) >= 11 is 0. The highest BCUT2D eigenvalue weighted by atomic mass is 16.2. The number of fused-ring (bicyclic) bond motifs is 1. The monoisotopic (exact) mass is 443 g/mol. The first kappa shape index (κ1) is 23.4. The molecule has 1 aromatic carbocycles. The van der Waals surface area contributed by atoms with E-state index in [9.17, 15) is 24.0 Å². The Labute approximate surface area is 186 Å². The number of carbonyl (C=O) groups excluding carboxylic acids is 5. The van der Waals surface area contributed by atoms with Crippen molar-refractivity contribution in [3.63, 3.8) is 0 Å². The minimum Gasteiger partial charge on any atom is -0.384 e. The number of piperidine rings is 1. The van der Waals surface area contributed by atoms with Gasteiger partial charge in [-0.15, -0.1) is 0 Å². The predicted octanol–water partition coefficient (Wildman–Crippen LogP) is 1.09. The summed E-state index contributed by atoms with van der Waals surface area (Å²) < 4.78 is 0. The van der Waals surface area contributed by atoms with Crippen molar-refractivity contribution in [2.24, 2.45) is 0 Å². The topological polar surface area (TPSA) is 137 Å². The van der Waals surface area contributed by atoms with Crippen LogP contribution in [0.2, 0.25) is 0 Å². The average Bonchev–Trinajstić information content (AvgIpc) is 3.02. The highest BCUT2D eigenvalue weighted by Gasteiger charge is 2.45. The van der Waals surface area contributed by atoms with Crippen LogP contribution in [0.25, 0.3) is 0 Å². The summed E-state index contributed by atoms with van der Waals surface area (Å²) in [5.74, 6) is -2.07. The van der Waals surface area contributed by atoms with Crippen LogP contribution in [0.5, 0.6) is 0 Å². The molecule has 0 spiro atoms. The number of amides is 5. The third-order valence-electron chi connectivity index (χ3n) is 5.52. The van der Waals surface area contributed by atoms with Gasteiger partial charge in [-0.05, 0) is 31.4 Å². The molecule has 2 aliphatic heterocycles. The number of nitrogens with one attached hydrogen (secondary N) is 4. The molecule has 0 saturated carbocycles. The maximum atomic E-state index is 13.0. The molecular weight excluding hydrogens is 414 g/mol. The first-order valence-corrected chi connectivity index (χ1v) is 11.0. The van der Waals surface area contributed by atoms with Crippen molar-refractivity contribution in [2.45, 2.75) is 57.9 Å². The Morgan fingerprint density at radius 3 is 2.62 bits per heavy atom. The molecular formula is C22H29N5O5. The summed E-state index contributed by atoms with van der Waals surface area (Å²) in [6.07, 6.45) is 4.17. The van der Waals surface area contributed by atoms with Crippen LogP contribution >= 0.6 is 0 Å². The van der Waals surface area contributed by atoms with E-state index in [4.69, 9.17) is 0 Å². The zero-order valence-corrected chi connectivity index (χ0v) is 18.2. The summed E-state index contributed by atoms with van der Waals surface area (Å²) in [5, 5.41) is 5.42. The summed E-state index contributed by atoms with van der Waals surface area (Å²) in [4.78, 5) is 61.9. The lowest BCUT2D eigenvalue weighted by molar-refractivity contribution is -0.136. The van der Waals surface area contributed by atoms with Gasteiger partial charge in [-0.2, -0.15) is 0 Å². The maximum absolute atomic E-state index is 13.0. The van der Waals surface area contributed by atoms with E-state index >= 15 is 0 Å². The van der Waals surface area contributed by atoms with E-state index in [-0.39, 0.29) is 29.9 Å². The second-order valence-electron chi connectivity index (χ2n) is 7.84. The van der Waals surface area contributed by atoms with Crippen molar-refractivity contribution in [1.82, 2.24) is 21.1 Å². The van der Waals surface area contributed by atoms with Crippen molar-refractivity contribution >= 4 is 35.2 Å². The Hall–Kier alpha value is -3.27. The quantitative estimate of drug-likeness (QED) is 0.228. The lowest BCUT2D eigenvalue weighted by Gasteiger charge is -2.27. The summed E-state index contributed by atoms with van der Waals surface area (Å²) in [7, 11) is 0. The molecule has 10 heteroatoms. The highest BCUT2D eigenvalue weighted by molar-refractivity contribution is 6.25. The van der Waals surface area contributed by atoms with Crippen molar-refractivity contribution in [3.05, 3.63) is 29.3 Å². The van der Waals surface area contributed by atoms with Gasteiger partial charge in [-0.1, -0.05) is 25.8 Å². The van der Waals surface area contributed by atoms with E-state index in [1.807, 2.05) is 6.92 Å². The smallest absolute Gasteiger partial charge is 0.264 e. The Morgan fingerprint density at radius 1 is 1.09 bits per heavy atom. The molecule has 1 unspecified atom stereocenters. The number of hydrogen-bond donors (Lipinski definition) is 4. The maximum Gasteiger partial charge on any atom is 0.264 e. The van der Waals surface area contributed by atoms with Gasteiger partial charge in [0, 0.05) is 31.6 Å². The molecule has 1 aromatic rings. The van der Waals surface area contributed by atoms with Crippen molar-refractivity contribution < 1.29 is 24.0 Å². The van der Waals surface area contributed by atoms with Gasteiger partial charge in [0.15, 0.2) is 0 Å². The Kier molecular flexibility index (Phi) is 7.93. The Bertz CT molecular complexity index is 916. The van der Waals surface area contributed by atoms with Crippen LogP contribution < -0.4 is 21.5 Å². The number of hydrazine groups is 1. The summed E-state index contributed by atoms with van der Waals surface area (Å²) in [6, 6.07) is 4.04. The van der Waals surface area contributed by atoms with Crippen LogP contribution in [0.3, 0.4) is 0 Å². The standard InChI is InChI=1S/C22H29N5O5/c1-2-24-26-18(29)10-5-3-4-6-13-23-15-9-7-8-14-19(15)22(32)27(21(14)31)16-11-12-17(28)25-20(16)30/h7-9,16,23-24H,2-6,10-13H2,1H3,(H,26,29)(H,25,28,30). The number of rotatable bonds is 11. The van der Waals surface area contributed by atoms with Crippen LogP contribution in [0.4, 0.5) is 5.69 Å². The van der Waals surface area contributed by atoms with Gasteiger partial charge >= 0.3 is 0 Å². The van der Waals surface area contributed by atoms with Gasteiger partial charge in [0.05, 0.1) is 11.1 Å². The fourth-order valence-corrected chi connectivity index (χ4v) is 3.90. The zero-order valence-electron chi connectivity index (χ0n) is 18.2. The molecule has 1 atom stereocenters. The highest BCUT2D eigenvalue weighted by Crippen LogP contribution is 2.32. The zero-order chi connectivity index (χ0) is 23.1. The minimum absolute atomic E-state index is 0.0198. The lowest BCUT2D eigenvalue weighted by Crippen LogP contribution is -2.54. The molecule has 4 N–H and O–H groups in total. The average molecular weight is 444 g/mol. The van der Waals surface area contributed by atoms with Crippen LogP contribution in [-0.4, -0.2) is 53.6 Å². The van der Waals surface area contributed by atoms with Gasteiger partial charge < -0.3 is 5.32 Å². The number of anilines is 1. The normalized spacial score (nSPS) is 17.9. The van der Waals surface area contributed by atoms with Crippen LogP contribution in [0, 0.1) is 0 Å². The van der Waals surface area contributed by atoms with E-state index in [1.54, 1.807) is 18.2 Å². The van der Waals surface area contributed by atoms with E-state index < -0.39 is 29.7 Å². The number of nitrogens with zero attached hydrogens (tertiary/aromatic N) is 1. The second-order valence-corrected chi connectivity index (χ2v) is 7.84. The summed E-state index contributed by atoms with van der Waals surface area (Å²) in [6.45, 7) is 3.20. The molecule has 10 nitrogen and oxygen atoms in total. The number of imide groups is 2. The number of hydrogen-bond acceptors (Lipinski definition) is 7. The first-order valence-electron chi connectivity index (χ1n) is 11.0. The molecule has 32 heavy (non-hydrogen) atoms. The molecule has 1 saturated heterocycles. The van der Waals surface area contributed by atoms with Gasteiger partial charge in [0.1, 0.15) is 6.04 Å². The van der Waals surface area contributed by atoms with E-state index in [0.29, 0.717) is 25.2 Å². The third kappa shape index (κ3) is 5.31. The van der Waals surface area contributed by atoms with E-state index in [2.05, 4.69) is 21.5 Å². The Balaban J connectivity index is 1.51. The molecule has 172 valence electrons. The van der Waals surface area contributed by atoms with E-state index in [0.717, 1.165) is 30.6 Å². The van der Waals surface area contributed by atoms with Crippen molar-refractivity contribution in [2.75, 3.05) is 18.4 Å². The molecule has 5 amide bonds. The third-order valence-corrected chi connectivity index (χ3v) is 5.52. The van der Waals surface area contributed by atoms with Crippen LogP contribution in [-0.2, 0) is 14.4 Å². The minimum atomic E-state index is -0.974. The fraction of sp³-hybridized carbons (Fsp3) is 0.500. The lowest BCUT2D eigenvalue weighted by atomic mass is 10.0. The number of unbranched alkanes of at least 4 members (excludes halogenated alkanes) is 3. The first-order chi connectivity index (χ1) is 15.4. The Morgan fingerprint density at radius 2 is 1.88 bits per heavy atom. The summed E-state index contributed by atoms with van der Waals surface area (Å²) in [5.41, 5.74) is 6.48. The molecule has 0 bridgehead atoms. The number of benzene rings is 1. The number of carbonyl (C=O) groups is 5. The molecule has 1 fully saturated rings. The van der Waals surface area contributed by atoms with Crippen molar-refractivity contribution in [3.8, 4) is 0 Å².